The second kappa shape index (κ2) is 9.15. The third kappa shape index (κ3) is 6.41. The highest BCUT2D eigenvalue weighted by Gasteiger charge is 1.98. The van der Waals surface area contributed by atoms with Crippen LogP contribution in [0.15, 0.2) is 12.4 Å². The maximum Gasteiger partial charge on any atom is 0.232 e. The second-order valence-electron chi connectivity index (χ2n) is 3.29. The van der Waals surface area contributed by atoms with Crippen molar-refractivity contribution >= 4 is 11.6 Å². The molecule has 1 aromatic rings. The van der Waals surface area contributed by atoms with Crippen LogP contribution >= 0.6 is 11.6 Å². The molecule has 0 amide bonds. The summed E-state index contributed by atoms with van der Waals surface area (Å²) in [5.74, 6) is 0.807. The number of ether oxygens (including phenoxy) is 3. The molecule has 5 nitrogen and oxygen atoms in total. The number of alkyl halides is 1. The van der Waals surface area contributed by atoms with Gasteiger partial charge in [-0.15, -0.1) is 11.6 Å². The molecule has 0 aliphatic heterocycles. The predicted molar refractivity (Wildman–Crippen MR) is 64.4 cm³/mol. The number of nitrogens with zero attached hydrogens (tertiary/aromatic N) is 2. The van der Waals surface area contributed by atoms with E-state index in [2.05, 4.69) is 9.97 Å². The smallest absolute Gasteiger partial charge is 0.232 e. The van der Waals surface area contributed by atoms with Gasteiger partial charge in [-0.25, -0.2) is 4.98 Å². The number of halogens is 1. The van der Waals surface area contributed by atoms with Crippen molar-refractivity contribution in [3.05, 3.63) is 18.1 Å². The van der Waals surface area contributed by atoms with Crippen LogP contribution in [0.1, 0.15) is 12.1 Å². The lowest BCUT2D eigenvalue weighted by molar-refractivity contribution is 0.0794. The molecule has 0 saturated heterocycles. The van der Waals surface area contributed by atoms with Crippen LogP contribution < -0.4 is 4.74 Å². The zero-order valence-corrected chi connectivity index (χ0v) is 10.7. The highest BCUT2D eigenvalue weighted by molar-refractivity contribution is 6.16. The molecular weight excluding hydrogens is 244 g/mol. The van der Waals surface area contributed by atoms with E-state index < -0.39 is 0 Å². The number of hydrogen-bond acceptors (Lipinski definition) is 5. The minimum atomic E-state index is 0.331. The fourth-order valence-corrected chi connectivity index (χ4v) is 1.26. The summed E-state index contributed by atoms with van der Waals surface area (Å²) in [5.41, 5.74) is 0.699. The van der Waals surface area contributed by atoms with Crippen molar-refractivity contribution in [3.8, 4) is 5.88 Å². The van der Waals surface area contributed by atoms with Crippen molar-refractivity contribution in [2.75, 3.05) is 33.5 Å². The largest absolute Gasteiger partial charge is 0.474 e. The van der Waals surface area contributed by atoms with Gasteiger partial charge in [0.2, 0.25) is 5.88 Å². The van der Waals surface area contributed by atoms with E-state index >= 15 is 0 Å². The van der Waals surface area contributed by atoms with E-state index in [0.717, 1.165) is 6.42 Å². The molecule has 6 heteroatoms. The van der Waals surface area contributed by atoms with Gasteiger partial charge in [-0.2, -0.15) is 0 Å². The number of methoxy groups -OCH3 is 1. The van der Waals surface area contributed by atoms with Gasteiger partial charge in [-0.1, -0.05) is 0 Å². The van der Waals surface area contributed by atoms with Crippen LogP contribution in [0.2, 0.25) is 0 Å². The van der Waals surface area contributed by atoms with E-state index in [-0.39, 0.29) is 0 Å². The van der Waals surface area contributed by atoms with Crippen LogP contribution in [0.5, 0.6) is 5.88 Å². The Hall–Kier alpha value is -0.910. The molecule has 0 saturated carbocycles. The SMILES string of the molecule is COCCCOCCOc1cncc(CCl)n1. The lowest BCUT2D eigenvalue weighted by Crippen LogP contribution is -2.09. The molecule has 96 valence electrons. The van der Waals surface area contributed by atoms with Gasteiger partial charge in [-0.3, -0.25) is 4.98 Å². The highest BCUT2D eigenvalue weighted by Crippen LogP contribution is 2.06. The lowest BCUT2D eigenvalue weighted by atomic mass is 10.5. The van der Waals surface area contributed by atoms with E-state index in [1.807, 2.05) is 0 Å². The first-order chi connectivity index (χ1) is 8.36. The van der Waals surface area contributed by atoms with E-state index in [4.69, 9.17) is 25.8 Å². The van der Waals surface area contributed by atoms with E-state index in [1.54, 1.807) is 19.5 Å². The van der Waals surface area contributed by atoms with Gasteiger partial charge in [0, 0.05) is 26.5 Å². The molecule has 0 aliphatic rings. The molecule has 17 heavy (non-hydrogen) atoms. The van der Waals surface area contributed by atoms with E-state index in [1.165, 1.54) is 0 Å². The molecule has 0 aromatic carbocycles. The van der Waals surface area contributed by atoms with Crippen molar-refractivity contribution in [1.29, 1.82) is 0 Å². The van der Waals surface area contributed by atoms with Gasteiger partial charge in [0.15, 0.2) is 0 Å². The minimum absolute atomic E-state index is 0.331. The molecule has 1 aromatic heterocycles. The zero-order chi connectivity index (χ0) is 12.3. The van der Waals surface area contributed by atoms with Gasteiger partial charge in [0.1, 0.15) is 6.61 Å². The van der Waals surface area contributed by atoms with Gasteiger partial charge in [0.05, 0.1) is 24.4 Å². The summed E-state index contributed by atoms with van der Waals surface area (Å²) >= 11 is 5.64. The molecule has 0 fully saturated rings. The van der Waals surface area contributed by atoms with Crippen molar-refractivity contribution in [1.82, 2.24) is 9.97 Å². The molecule has 0 spiro atoms. The average molecular weight is 261 g/mol. The Bertz CT molecular complexity index is 313. The summed E-state index contributed by atoms with van der Waals surface area (Å²) < 4.78 is 15.6. The van der Waals surface area contributed by atoms with Crippen LogP contribution in [0.25, 0.3) is 0 Å². The highest BCUT2D eigenvalue weighted by atomic mass is 35.5. The molecule has 0 aliphatic carbocycles. The Morgan fingerprint density at radius 1 is 1.18 bits per heavy atom. The number of hydrogen-bond donors (Lipinski definition) is 0. The van der Waals surface area contributed by atoms with Crippen LogP contribution in [0.4, 0.5) is 0 Å². The zero-order valence-electron chi connectivity index (χ0n) is 9.89. The molecule has 0 unspecified atom stereocenters. The number of rotatable bonds is 9. The van der Waals surface area contributed by atoms with E-state index in [0.29, 0.717) is 43.9 Å². The first-order valence-electron chi connectivity index (χ1n) is 5.43. The summed E-state index contributed by atoms with van der Waals surface area (Å²) in [6, 6.07) is 0. The van der Waals surface area contributed by atoms with Gasteiger partial charge >= 0.3 is 0 Å². The van der Waals surface area contributed by atoms with Crippen LogP contribution in [-0.2, 0) is 15.4 Å². The summed E-state index contributed by atoms with van der Waals surface area (Å²) in [5, 5.41) is 0. The quantitative estimate of drug-likeness (QED) is 0.499. The Labute approximate surface area is 106 Å². The lowest BCUT2D eigenvalue weighted by Gasteiger charge is -2.06. The monoisotopic (exact) mass is 260 g/mol. The summed E-state index contributed by atoms with van der Waals surface area (Å²) in [4.78, 5) is 8.11. The maximum atomic E-state index is 5.64. The van der Waals surface area contributed by atoms with Crippen molar-refractivity contribution in [2.24, 2.45) is 0 Å². The van der Waals surface area contributed by atoms with E-state index in [9.17, 15) is 0 Å². The summed E-state index contributed by atoms with van der Waals surface area (Å²) in [7, 11) is 1.67. The molecule has 1 heterocycles. The summed E-state index contributed by atoms with van der Waals surface area (Å²) in [6.45, 7) is 2.36. The Balaban J connectivity index is 2.09. The summed E-state index contributed by atoms with van der Waals surface area (Å²) in [6.07, 6.45) is 4.06. The van der Waals surface area contributed by atoms with Crippen LogP contribution in [0.3, 0.4) is 0 Å². The van der Waals surface area contributed by atoms with Crippen LogP contribution in [0, 0.1) is 0 Å². The average Bonchev–Trinajstić information content (AvgIpc) is 2.38. The minimum Gasteiger partial charge on any atom is -0.474 e. The molecule has 0 N–H and O–H groups in total. The van der Waals surface area contributed by atoms with Gasteiger partial charge in [-0.05, 0) is 6.42 Å². The van der Waals surface area contributed by atoms with Crippen molar-refractivity contribution < 1.29 is 14.2 Å². The Morgan fingerprint density at radius 2 is 2.06 bits per heavy atom. The normalized spacial score (nSPS) is 10.5. The Kier molecular flexibility index (Phi) is 7.62. The Morgan fingerprint density at radius 3 is 2.82 bits per heavy atom. The third-order valence-corrected chi connectivity index (χ3v) is 2.19. The number of aromatic nitrogens is 2. The first kappa shape index (κ1) is 14.2. The van der Waals surface area contributed by atoms with Gasteiger partial charge in [0.25, 0.3) is 0 Å². The molecule has 0 radical (unpaired) electrons. The molecular formula is C11H17ClN2O3. The standard InChI is InChI=1S/C11H17ClN2O3/c1-15-3-2-4-16-5-6-17-11-9-13-8-10(7-12)14-11/h8-9H,2-7H2,1H3. The van der Waals surface area contributed by atoms with Crippen molar-refractivity contribution in [3.63, 3.8) is 0 Å². The third-order valence-electron chi connectivity index (χ3n) is 1.91. The van der Waals surface area contributed by atoms with Crippen molar-refractivity contribution in [2.45, 2.75) is 12.3 Å². The molecule has 0 bridgehead atoms. The predicted octanol–water partition coefficient (Wildman–Crippen LogP) is 1.65. The molecule has 0 atom stereocenters. The van der Waals surface area contributed by atoms with Crippen LogP contribution in [-0.4, -0.2) is 43.5 Å². The fourth-order valence-electron chi connectivity index (χ4n) is 1.13. The second-order valence-corrected chi connectivity index (χ2v) is 3.56. The fraction of sp³-hybridized carbons (Fsp3) is 0.636. The molecule has 1 rings (SSSR count). The first-order valence-corrected chi connectivity index (χ1v) is 5.96. The maximum absolute atomic E-state index is 5.64. The van der Waals surface area contributed by atoms with Gasteiger partial charge < -0.3 is 14.2 Å². The topological polar surface area (TPSA) is 53.5 Å².